The third kappa shape index (κ3) is 4.15. The van der Waals surface area contributed by atoms with Crippen molar-refractivity contribution in [1.29, 1.82) is 0 Å². The van der Waals surface area contributed by atoms with Gasteiger partial charge in [-0.3, -0.25) is 0 Å². The number of fused-ring (bicyclic) bond motifs is 1. The summed E-state index contributed by atoms with van der Waals surface area (Å²) in [6.45, 7) is -0.00213. The average Bonchev–Trinajstić information content (AvgIpc) is 2.52. The Morgan fingerprint density at radius 2 is 1.84 bits per heavy atom. The molecule has 0 aliphatic carbocycles. The Labute approximate surface area is 144 Å². The predicted octanol–water partition coefficient (Wildman–Crippen LogP) is 2.05. The third-order valence-electron chi connectivity index (χ3n) is 4.03. The van der Waals surface area contributed by atoms with Gasteiger partial charge in [0, 0.05) is 24.6 Å². The number of halogens is 2. The van der Waals surface area contributed by atoms with E-state index in [0.717, 1.165) is 12.1 Å². The molecule has 1 aliphatic rings. The van der Waals surface area contributed by atoms with Crippen LogP contribution in [0.5, 0.6) is 5.75 Å². The maximum Gasteiger partial charge on any atom is 0.215 e. The van der Waals surface area contributed by atoms with E-state index in [1.807, 2.05) is 0 Å². The van der Waals surface area contributed by atoms with Crippen molar-refractivity contribution >= 4 is 10.0 Å². The van der Waals surface area contributed by atoms with E-state index in [1.54, 1.807) is 24.3 Å². The van der Waals surface area contributed by atoms with Gasteiger partial charge in [-0.05, 0) is 23.8 Å². The fraction of sp³-hybridized carbons (Fsp3) is 0.294. The molecule has 1 aliphatic heterocycles. The van der Waals surface area contributed by atoms with E-state index in [2.05, 4.69) is 4.72 Å². The summed E-state index contributed by atoms with van der Waals surface area (Å²) in [5, 5.41) is 10.8. The molecular weight excluding hydrogens is 352 g/mol. The molecule has 2 aromatic carbocycles. The van der Waals surface area contributed by atoms with Gasteiger partial charge in [-0.2, -0.15) is 0 Å². The molecule has 1 unspecified atom stereocenters. The molecule has 2 aromatic rings. The second-order valence-electron chi connectivity index (χ2n) is 5.98. The molecule has 1 heterocycles. The van der Waals surface area contributed by atoms with Crippen molar-refractivity contribution in [2.75, 3.05) is 13.2 Å². The maximum absolute atomic E-state index is 13.2. The lowest BCUT2D eigenvalue weighted by Gasteiger charge is -2.34. The van der Waals surface area contributed by atoms with Crippen LogP contribution in [0.3, 0.4) is 0 Å². The second kappa shape index (κ2) is 6.70. The minimum atomic E-state index is -3.89. The van der Waals surface area contributed by atoms with Crippen LogP contribution >= 0.6 is 0 Å². The van der Waals surface area contributed by atoms with E-state index in [0.29, 0.717) is 17.4 Å². The molecule has 25 heavy (non-hydrogen) atoms. The van der Waals surface area contributed by atoms with Gasteiger partial charge in [0.15, 0.2) is 0 Å². The van der Waals surface area contributed by atoms with Crippen molar-refractivity contribution in [3.63, 3.8) is 0 Å². The topological polar surface area (TPSA) is 75.6 Å². The number of benzene rings is 2. The predicted molar refractivity (Wildman–Crippen MR) is 87.4 cm³/mol. The molecule has 0 amide bonds. The van der Waals surface area contributed by atoms with Crippen LogP contribution in [-0.2, 0) is 21.4 Å². The van der Waals surface area contributed by atoms with Crippen LogP contribution in [-0.4, -0.2) is 26.7 Å². The largest absolute Gasteiger partial charge is 0.493 e. The van der Waals surface area contributed by atoms with Crippen LogP contribution in [0.1, 0.15) is 17.5 Å². The van der Waals surface area contributed by atoms with Crippen LogP contribution in [0, 0.1) is 11.6 Å². The van der Waals surface area contributed by atoms with Crippen LogP contribution in [0.15, 0.2) is 42.5 Å². The van der Waals surface area contributed by atoms with Crippen molar-refractivity contribution < 1.29 is 27.0 Å². The average molecular weight is 369 g/mol. The van der Waals surface area contributed by atoms with E-state index in [1.165, 1.54) is 0 Å². The Balaban J connectivity index is 1.74. The van der Waals surface area contributed by atoms with Gasteiger partial charge in [0.1, 0.15) is 23.0 Å². The van der Waals surface area contributed by atoms with E-state index in [-0.39, 0.29) is 25.1 Å². The summed E-state index contributed by atoms with van der Waals surface area (Å²) < 4.78 is 58.6. The van der Waals surface area contributed by atoms with Crippen LogP contribution < -0.4 is 9.46 Å². The number of ether oxygens (including phenoxy) is 1. The summed E-state index contributed by atoms with van der Waals surface area (Å²) in [7, 11) is -3.89. The molecule has 0 bridgehead atoms. The Morgan fingerprint density at radius 1 is 1.16 bits per heavy atom. The second-order valence-corrected chi connectivity index (χ2v) is 7.79. The number of sulfonamides is 1. The number of hydrogen-bond donors (Lipinski definition) is 2. The van der Waals surface area contributed by atoms with Gasteiger partial charge in [-0.25, -0.2) is 21.9 Å². The Kier molecular flexibility index (Phi) is 4.77. The van der Waals surface area contributed by atoms with Crippen molar-refractivity contribution in [3.8, 4) is 5.75 Å². The maximum atomic E-state index is 13.2. The minimum absolute atomic E-state index is 0.00984. The summed E-state index contributed by atoms with van der Waals surface area (Å²) in [6, 6.07) is 9.44. The summed E-state index contributed by atoms with van der Waals surface area (Å²) in [4.78, 5) is 0. The summed E-state index contributed by atoms with van der Waals surface area (Å²) in [5.41, 5.74) is -0.917. The Morgan fingerprint density at radius 3 is 2.56 bits per heavy atom. The van der Waals surface area contributed by atoms with Gasteiger partial charge in [-0.1, -0.05) is 18.2 Å². The first kappa shape index (κ1) is 17.8. The molecule has 1 atom stereocenters. The van der Waals surface area contributed by atoms with Gasteiger partial charge < -0.3 is 9.84 Å². The van der Waals surface area contributed by atoms with Crippen LogP contribution in [0.2, 0.25) is 0 Å². The monoisotopic (exact) mass is 369 g/mol. The number of hydrogen-bond acceptors (Lipinski definition) is 4. The number of para-hydroxylation sites is 1. The van der Waals surface area contributed by atoms with Gasteiger partial charge in [-0.15, -0.1) is 0 Å². The van der Waals surface area contributed by atoms with E-state index in [4.69, 9.17) is 4.74 Å². The standard InChI is InChI=1S/C17H17F2NO4S/c18-13-7-12(8-14(19)9-13)10-25(22,23)20-11-17(21)5-6-24-16-4-2-1-3-15(16)17/h1-4,7-9,20-21H,5-6,10-11H2. The molecule has 0 spiro atoms. The first-order valence-electron chi connectivity index (χ1n) is 7.64. The van der Waals surface area contributed by atoms with Crippen molar-refractivity contribution in [3.05, 3.63) is 65.2 Å². The van der Waals surface area contributed by atoms with E-state index < -0.39 is 33.0 Å². The highest BCUT2D eigenvalue weighted by molar-refractivity contribution is 7.88. The lowest BCUT2D eigenvalue weighted by molar-refractivity contribution is 0.00218. The molecule has 2 N–H and O–H groups in total. The molecule has 0 saturated heterocycles. The van der Waals surface area contributed by atoms with Gasteiger partial charge in [0.2, 0.25) is 10.0 Å². The highest BCUT2D eigenvalue weighted by Crippen LogP contribution is 2.36. The summed E-state index contributed by atoms with van der Waals surface area (Å²) in [6.07, 6.45) is 0.223. The van der Waals surface area contributed by atoms with Crippen molar-refractivity contribution in [2.24, 2.45) is 0 Å². The quantitative estimate of drug-likeness (QED) is 0.846. The lowest BCUT2D eigenvalue weighted by atomic mass is 9.88. The Bertz CT molecular complexity index is 868. The minimum Gasteiger partial charge on any atom is -0.493 e. The summed E-state index contributed by atoms with van der Waals surface area (Å²) >= 11 is 0. The van der Waals surface area contributed by atoms with Gasteiger partial charge in [0.05, 0.1) is 12.4 Å². The highest BCUT2D eigenvalue weighted by atomic mass is 32.2. The molecule has 134 valence electrons. The molecule has 8 heteroatoms. The smallest absolute Gasteiger partial charge is 0.215 e. The normalized spacial score (nSPS) is 20.0. The molecule has 0 aromatic heterocycles. The molecule has 0 radical (unpaired) electrons. The van der Waals surface area contributed by atoms with Crippen molar-refractivity contribution in [2.45, 2.75) is 17.8 Å². The zero-order chi connectivity index (χ0) is 18.1. The van der Waals surface area contributed by atoms with E-state index in [9.17, 15) is 22.3 Å². The highest BCUT2D eigenvalue weighted by Gasteiger charge is 2.36. The fourth-order valence-corrected chi connectivity index (χ4v) is 3.99. The first-order valence-corrected chi connectivity index (χ1v) is 9.30. The Hall–Kier alpha value is -2.03. The SMILES string of the molecule is O=S(=O)(Cc1cc(F)cc(F)c1)NCC1(O)CCOc2ccccc21. The molecule has 5 nitrogen and oxygen atoms in total. The van der Waals surface area contributed by atoms with Gasteiger partial charge >= 0.3 is 0 Å². The molecule has 0 saturated carbocycles. The zero-order valence-electron chi connectivity index (χ0n) is 13.2. The van der Waals surface area contributed by atoms with Crippen LogP contribution in [0.25, 0.3) is 0 Å². The number of nitrogens with one attached hydrogen (secondary N) is 1. The van der Waals surface area contributed by atoms with Gasteiger partial charge in [0.25, 0.3) is 0 Å². The molecule has 0 fully saturated rings. The number of rotatable bonds is 5. The molecular formula is C17H17F2NO4S. The lowest BCUT2D eigenvalue weighted by Crippen LogP contribution is -2.44. The van der Waals surface area contributed by atoms with Crippen molar-refractivity contribution in [1.82, 2.24) is 4.72 Å². The fourth-order valence-electron chi connectivity index (χ4n) is 2.82. The molecule has 3 rings (SSSR count). The van der Waals surface area contributed by atoms with Crippen LogP contribution in [0.4, 0.5) is 8.78 Å². The first-order chi connectivity index (χ1) is 11.8. The number of aliphatic hydroxyl groups is 1. The third-order valence-corrected chi connectivity index (χ3v) is 5.32. The van der Waals surface area contributed by atoms with E-state index >= 15 is 0 Å². The zero-order valence-corrected chi connectivity index (χ0v) is 14.0. The summed E-state index contributed by atoms with van der Waals surface area (Å²) in [5.74, 6) is -1.78.